The maximum absolute atomic E-state index is 13.5. The van der Waals surface area contributed by atoms with E-state index in [1.807, 2.05) is 26.0 Å². The van der Waals surface area contributed by atoms with Crippen molar-refractivity contribution >= 4 is 11.8 Å². The molecule has 0 spiro atoms. The Morgan fingerprint density at radius 3 is 2.62 bits per heavy atom. The number of halogens is 2. The van der Waals surface area contributed by atoms with E-state index in [4.69, 9.17) is 0 Å². The molecule has 1 aliphatic rings. The lowest BCUT2D eigenvalue weighted by molar-refractivity contribution is 0.458. The van der Waals surface area contributed by atoms with Crippen molar-refractivity contribution in [2.24, 2.45) is 4.99 Å². The van der Waals surface area contributed by atoms with E-state index >= 15 is 0 Å². The van der Waals surface area contributed by atoms with Crippen molar-refractivity contribution in [2.75, 3.05) is 31.6 Å². The van der Waals surface area contributed by atoms with Crippen molar-refractivity contribution in [2.45, 2.75) is 38.6 Å². The van der Waals surface area contributed by atoms with Crippen molar-refractivity contribution in [1.82, 2.24) is 15.6 Å². The highest BCUT2D eigenvalue weighted by Crippen LogP contribution is 2.19. The van der Waals surface area contributed by atoms with Gasteiger partial charge in [0.2, 0.25) is 0 Å². The number of benzene rings is 1. The molecule has 2 heterocycles. The number of aryl methyl sites for hydroxylation is 1. The highest BCUT2D eigenvalue weighted by atomic mass is 19.2. The maximum atomic E-state index is 13.5. The smallest absolute Gasteiger partial charge is 0.191 e. The highest BCUT2D eigenvalue weighted by Gasteiger charge is 2.21. The van der Waals surface area contributed by atoms with Crippen LogP contribution < -0.4 is 15.5 Å². The van der Waals surface area contributed by atoms with Gasteiger partial charge in [0, 0.05) is 38.4 Å². The Morgan fingerprint density at radius 2 is 1.97 bits per heavy atom. The van der Waals surface area contributed by atoms with E-state index in [0.717, 1.165) is 49.0 Å². The second-order valence-electron chi connectivity index (χ2n) is 7.57. The summed E-state index contributed by atoms with van der Waals surface area (Å²) in [5.74, 6) is 0.154. The molecule has 0 bridgehead atoms. The van der Waals surface area contributed by atoms with Gasteiger partial charge in [-0.05, 0) is 55.5 Å². The molecule has 1 fully saturated rings. The van der Waals surface area contributed by atoms with Crippen LogP contribution in [0.1, 0.15) is 36.9 Å². The molecule has 0 saturated carbocycles. The van der Waals surface area contributed by atoms with Crippen molar-refractivity contribution in [1.29, 1.82) is 0 Å². The van der Waals surface area contributed by atoms with Gasteiger partial charge in [0.25, 0.3) is 0 Å². The summed E-state index contributed by atoms with van der Waals surface area (Å²) < 4.78 is 26.6. The fraction of sp³-hybridized carbons (Fsp3) is 0.455. The van der Waals surface area contributed by atoms with Crippen LogP contribution >= 0.6 is 0 Å². The normalized spacial score (nSPS) is 16.6. The van der Waals surface area contributed by atoms with E-state index in [0.29, 0.717) is 12.6 Å². The molecule has 0 radical (unpaired) electrons. The van der Waals surface area contributed by atoms with Gasteiger partial charge in [-0.15, -0.1) is 0 Å². The van der Waals surface area contributed by atoms with E-state index in [1.54, 1.807) is 13.1 Å². The maximum Gasteiger partial charge on any atom is 0.191 e. The lowest BCUT2D eigenvalue weighted by atomic mass is 10.0. The zero-order chi connectivity index (χ0) is 20.8. The summed E-state index contributed by atoms with van der Waals surface area (Å²) in [6, 6.07) is 10.5. The summed E-state index contributed by atoms with van der Waals surface area (Å²) in [6.45, 7) is 6.44. The van der Waals surface area contributed by atoms with E-state index in [2.05, 4.69) is 31.6 Å². The fourth-order valence-corrected chi connectivity index (χ4v) is 3.53. The SMILES string of the molecule is CN=C(NCC(C)c1ccc(F)c(F)c1)NC1CCN(c2cccc(C)n2)CC1. The number of hydrogen-bond donors (Lipinski definition) is 2. The molecule has 1 atom stereocenters. The van der Waals surface area contributed by atoms with Gasteiger partial charge in [-0.1, -0.05) is 19.1 Å². The van der Waals surface area contributed by atoms with Crippen LogP contribution in [0.15, 0.2) is 41.4 Å². The summed E-state index contributed by atoms with van der Waals surface area (Å²) in [6.07, 6.45) is 1.99. The van der Waals surface area contributed by atoms with Crippen LogP contribution in [0.5, 0.6) is 0 Å². The molecule has 1 aromatic heterocycles. The van der Waals surface area contributed by atoms with Crippen LogP contribution in [0.2, 0.25) is 0 Å². The van der Waals surface area contributed by atoms with E-state index in [9.17, 15) is 8.78 Å². The Kier molecular flexibility index (Phi) is 7.01. The first-order chi connectivity index (χ1) is 14.0. The Labute approximate surface area is 171 Å². The van der Waals surface area contributed by atoms with Crippen LogP contribution in [0.4, 0.5) is 14.6 Å². The number of nitrogens with one attached hydrogen (secondary N) is 2. The molecule has 29 heavy (non-hydrogen) atoms. The number of nitrogens with zero attached hydrogens (tertiary/aromatic N) is 3. The van der Waals surface area contributed by atoms with Gasteiger partial charge in [-0.25, -0.2) is 13.8 Å². The minimum Gasteiger partial charge on any atom is -0.356 e. The number of pyridine rings is 1. The van der Waals surface area contributed by atoms with Crippen molar-refractivity contribution < 1.29 is 8.78 Å². The fourth-order valence-electron chi connectivity index (χ4n) is 3.53. The molecule has 0 aliphatic carbocycles. The lowest BCUT2D eigenvalue weighted by Crippen LogP contribution is -2.49. The zero-order valence-corrected chi connectivity index (χ0v) is 17.3. The van der Waals surface area contributed by atoms with Gasteiger partial charge < -0.3 is 15.5 Å². The number of guanidine groups is 1. The number of aromatic nitrogens is 1. The Balaban J connectivity index is 1.47. The summed E-state index contributed by atoms with van der Waals surface area (Å²) in [5.41, 5.74) is 1.79. The third-order valence-corrected chi connectivity index (χ3v) is 5.35. The predicted molar refractivity (Wildman–Crippen MR) is 113 cm³/mol. The monoisotopic (exact) mass is 401 g/mol. The van der Waals surface area contributed by atoms with Crippen molar-refractivity contribution in [3.63, 3.8) is 0 Å². The first kappa shape index (κ1) is 21.0. The number of piperidine rings is 1. The molecule has 156 valence electrons. The quantitative estimate of drug-likeness (QED) is 0.594. The molecular weight excluding hydrogens is 372 g/mol. The largest absolute Gasteiger partial charge is 0.356 e. The lowest BCUT2D eigenvalue weighted by Gasteiger charge is -2.34. The van der Waals surface area contributed by atoms with Gasteiger partial charge in [0.05, 0.1) is 0 Å². The van der Waals surface area contributed by atoms with Gasteiger partial charge in [-0.2, -0.15) is 0 Å². The van der Waals surface area contributed by atoms with E-state index in [1.165, 1.54) is 12.1 Å². The topological polar surface area (TPSA) is 52.6 Å². The molecule has 1 saturated heterocycles. The molecule has 3 rings (SSSR count). The van der Waals surface area contributed by atoms with Crippen LogP contribution in [-0.4, -0.2) is 43.7 Å². The standard InChI is InChI=1S/C22H29F2N5/c1-15(17-7-8-19(23)20(24)13-17)14-26-22(25-3)28-18-9-11-29(12-10-18)21-6-4-5-16(2)27-21/h4-8,13,15,18H,9-12,14H2,1-3H3,(H2,25,26,28). The predicted octanol–water partition coefficient (Wildman–Crippen LogP) is 3.61. The molecule has 1 unspecified atom stereocenters. The van der Waals surface area contributed by atoms with Crippen LogP contribution in [0.25, 0.3) is 0 Å². The van der Waals surface area contributed by atoms with E-state index in [-0.39, 0.29) is 5.92 Å². The average Bonchev–Trinajstić information content (AvgIpc) is 2.73. The number of hydrogen-bond acceptors (Lipinski definition) is 3. The van der Waals surface area contributed by atoms with Gasteiger partial charge in [-0.3, -0.25) is 4.99 Å². The highest BCUT2D eigenvalue weighted by molar-refractivity contribution is 5.80. The van der Waals surface area contributed by atoms with Gasteiger partial charge >= 0.3 is 0 Å². The second-order valence-corrected chi connectivity index (χ2v) is 7.57. The summed E-state index contributed by atoms with van der Waals surface area (Å²) in [7, 11) is 1.74. The first-order valence-corrected chi connectivity index (χ1v) is 10.1. The van der Waals surface area contributed by atoms with Gasteiger partial charge in [0.1, 0.15) is 5.82 Å². The first-order valence-electron chi connectivity index (χ1n) is 10.1. The molecule has 2 aromatic rings. The van der Waals surface area contributed by atoms with Crippen LogP contribution in [0.3, 0.4) is 0 Å². The molecule has 1 aromatic carbocycles. The van der Waals surface area contributed by atoms with Gasteiger partial charge in [0.15, 0.2) is 17.6 Å². The van der Waals surface area contributed by atoms with Crippen molar-refractivity contribution in [3.05, 3.63) is 59.3 Å². The minimum absolute atomic E-state index is 0.0258. The molecule has 7 heteroatoms. The Morgan fingerprint density at radius 1 is 1.21 bits per heavy atom. The second kappa shape index (κ2) is 9.67. The summed E-state index contributed by atoms with van der Waals surface area (Å²) in [4.78, 5) is 11.2. The molecule has 2 N–H and O–H groups in total. The summed E-state index contributed by atoms with van der Waals surface area (Å²) in [5, 5.41) is 6.77. The molecule has 1 aliphatic heterocycles. The van der Waals surface area contributed by atoms with Crippen LogP contribution in [-0.2, 0) is 0 Å². The Bertz CT molecular complexity index is 847. The Hall–Kier alpha value is -2.70. The van der Waals surface area contributed by atoms with Crippen LogP contribution in [0, 0.1) is 18.6 Å². The third-order valence-electron chi connectivity index (χ3n) is 5.35. The molecular formula is C22H29F2N5. The average molecular weight is 402 g/mol. The number of anilines is 1. The number of rotatable bonds is 5. The van der Waals surface area contributed by atoms with Crippen molar-refractivity contribution in [3.8, 4) is 0 Å². The minimum atomic E-state index is -0.821. The summed E-state index contributed by atoms with van der Waals surface area (Å²) >= 11 is 0. The molecule has 0 amide bonds. The number of aliphatic imine (C=N–C) groups is 1. The zero-order valence-electron chi connectivity index (χ0n) is 17.3. The third kappa shape index (κ3) is 5.65. The molecule has 5 nitrogen and oxygen atoms in total. The van der Waals surface area contributed by atoms with E-state index < -0.39 is 11.6 Å².